The van der Waals surface area contributed by atoms with Crippen LogP contribution in [0.25, 0.3) is 0 Å². The minimum Gasteiger partial charge on any atom is -0.340 e. The molecule has 1 heterocycles. The van der Waals surface area contributed by atoms with E-state index in [2.05, 4.69) is 0 Å². The van der Waals surface area contributed by atoms with E-state index in [0.717, 1.165) is 17.5 Å². The molecular weight excluding hydrogens is 408 g/mol. The number of halogens is 1. The van der Waals surface area contributed by atoms with Crippen molar-refractivity contribution < 1.29 is 9.59 Å². The van der Waals surface area contributed by atoms with Gasteiger partial charge in [-0.2, -0.15) is 0 Å². The lowest BCUT2D eigenvalue weighted by atomic mass is 9.90. The third-order valence-corrected chi connectivity index (χ3v) is 6.04. The third kappa shape index (κ3) is 4.80. The molecule has 4 nitrogen and oxygen atoms in total. The maximum absolute atomic E-state index is 13.7. The number of amides is 2. The zero-order valence-electron chi connectivity index (χ0n) is 17.3. The second-order valence-corrected chi connectivity index (χ2v) is 8.11. The predicted molar refractivity (Wildman–Crippen MR) is 123 cm³/mol. The zero-order chi connectivity index (χ0) is 21.6. The molecule has 2 amide bonds. The summed E-state index contributed by atoms with van der Waals surface area (Å²) in [6.07, 6.45) is 0.734. The molecule has 3 aromatic rings. The Morgan fingerprint density at radius 1 is 0.677 bits per heavy atom. The summed E-state index contributed by atoms with van der Waals surface area (Å²) in [5.41, 5.74) is 2.47. The Hall–Kier alpha value is -3.11. The van der Waals surface area contributed by atoms with Crippen molar-refractivity contribution in [1.29, 1.82) is 0 Å². The van der Waals surface area contributed by atoms with Crippen molar-refractivity contribution in [3.8, 4) is 0 Å². The SMILES string of the molecule is O=C(c1ccccc1Cl)N1CCCN(C(=O)C(c2ccccc2)c2ccccc2)CC1. The molecule has 0 spiro atoms. The molecule has 158 valence electrons. The number of nitrogens with zero attached hydrogens (tertiary/aromatic N) is 2. The van der Waals surface area contributed by atoms with Gasteiger partial charge in [-0.15, -0.1) is 0 Å². The van der Waals surface area contributed by atoms with Crippen molar-refractivity contribution in [3.63, 3.8) is 0 Å². The van der Waals surface area contributed by atoms with E-state index in [1.165, 1.54) is 0 Å². The molecule has 0 radical (unpaired) electrons. The molecule has 5 heteroatoms. The fourth-order valence-electron chi connectivity index (χ4n) is 4.10. The summed E-state index contributed by atoms with van der Waals surface area (Å²) in [6.45, 7) is 2.23. The lowest BCUT2D eigenvalue weighted by molar-refractivity contribution is -0.131. The van der Waals surface area contributed by atoms with Gasteiger partial charge in [-0.1, -0.05) is 84.4 Å². The van der Waals surface area contributed by atoms with E-state index in [-0.39, 0.29) is 17.7 Å². The van der Waals surface area contributed by atoms with E-state index in [9.17, 15) is 9.59 Å². The summed E-state index contributed by atoms with van der Waals surface area (Å²) >= 11 is 6.22. The summed E-state index contributed by atoms with van der Waals surface area (Å²) in [5, 5.41) is 0.456. The standard InChI is InChI=1S/C26H25ClN2O2/c27-23-15-8-7-14-22(23)25(30)28-16-9-17-29(19-18-28)26(31)24(20-10-3-1-4-11-20)21-12-5-2-6-13-21/h1-8,10-15,24H,9,16-19H2. The largest absolute Gasteiger partial charge is 0.340 e. The van der Waals surface area contributed by atoms with Crippen LogP contribution in [0.5, 0.6) is 0 Å². The lowest BCUT2D eigenvalue weighted by Crippen LogP contribution is -2.39. The second-order valence-electron chi connectivity index (χ2n) is 7.71. The van der Waals surface area contributed by atoms with E-state index in [1.807, 2.05) is 77.7 Å². The maximum Gasteiger partial charge on any atom is 0.255 e. The Labute approximate surface area is 188 Å². The van der Waals surface area contributed by atoms with Gasteiger partial charge in [0.05, 0.1) is 16.5 Å². The summed E-state index contributed by atoms with van der Waals surface area (Å²) in [5.74, 6) is -0.361. The third-order valence-electron chi connectivity index (χ3n) is 5.71. The predicted octanol–water partition coefficient (Wildman–Crippen LogP) is 4.85. The highest BCUT2D eigenvalue weighted by Crippen LogP contribution is 2.27. The number of rotatable bonds is 4. The van der Waals surface area contributed by atoms with Crippen LogP contribution in [-0.4, -0.2) is 47.8 Å². The minimum atomic E-state index is -0.354. The molecule has 1 fully saturated rings. The zero-order valence-corrected chi connectivity index (χ0v) is 18.0. The number of benzene rings is 3. The molecule has 0 atom stereocenters. The Bertz CT molecular complexity index is 1000. The summed E-state index contributed by atoms with van der Waals surface area (Å²) < 4.78 is 0. The van der Waals surface area contributed by atoms with Gasteiger partial charge in [0.15, 0.2) is 0 Å². The second kappa shape index (κ2) is 9.80. The van der Waals surface area contributed by atoms with E-state index >= 15 is 0 Å². The van der Waals surface area contributed by atoms with Crippen molar-refractivity contribution in [2.45, 2.75) is 12.3 Å². The molecule has 31 heavy (non-hydrogen) atoms. The molecule has 1 saturated heterocycles. The molecule has 1 aliphatic rings. The fraction of sp³-hybridized carbons (Fsp3) is 0.231. The summed E-state index contributed by atoms with van der Waals surface area (Å²) in [4.78, 5) is 30.3. The van der Waals surface area contributed by atoms with Crippen LogP contribution >= 0.6 is 11.6 Å². The first kappa shape index (κ1) is 21.1. The normalized spacial score (nSPS) is 14.4. The number of hydrogen-bond acceptors (Lipinski definition) is 2. The molecule has 1 aliphatic heterocycles. The van der Waals surface area contributed by atoms with Crippen LogP contribution in [0.3, 0.4) is 0 Å². The molecule has 4 rings (SSSR count). The molecular formula is C26H25ClN2O2. The quantitative estimate of drug-likeness (QED) is 0.591. The molecule has 0 aliphatic carbocycles. The lowest BCUT2D eigenvalue weighted by Gasteiger charge is -2.27. The minimum absolute atomic E-state index is 0.0736. The van der Waals surface area contributed by atoms with Crippen LogP contribution in [0.2, 0.25) is 5.02 Å². The van der Waals surface area contributed by atoms with E-state index in [4.69, 9.17) is 11.6 Å². The Balaban J connectivity index is 1.53. The van der Waals surface area contributed by atoms with E-state index in [1.54, 1.807) is 17.0 Å². The number of carbonyl (C=O) groups excluding carboxylic acids is 2. The fourth-order valence-corrected chi connectivity index (χ4v) is 4.31. The number of carbonyl (C=O) groups is 2. The maximum atomic E-state index is 13.7. The van der Waals surface area contributed by atoms with Crippen LogP contribution in [-0.2, 0) is 4.79 Å². The van der Waals surface area contributed by atoms with Gasteiger partial charge < -0.3 is 9.80 Å². The topological polar surface area (TPSA) is 40.6 Å². The van der Waals surface area contributed by atoms with Crippen LogP contribution in [0.15, 0.2) is 84.9 Å². The van der Waals surface area contributed by atoms with Crippen molar-refractivity contribution in [1.82, 2.24) is 9.80 Å². The molecule has 3 aromatic carbocycles. The Morgan fingerprint density at radius 2 is 1.19 bits per heavy atom. The van der Waals surface area contributed by atoms with Gasteiger partial charge in [-0.3, -0.25) is 9.59 Å². The van der Waals surface area contributed by atoms with Gasteiger partial charge in [0.1, 0.15) is 0 Å². The smallest absolute Gasteiger partial charge is 0.255 e. The van der Waals surface area contributed by atoms with Crippen LogP contribution < -0.4 is 0 Å². The first-order valence-electron chi connectivity index (χ1n) is 10.6. The van der Waals surface area contributed by atoms with Crippen LogP contribution in [0.1, 0.15) is 33.8 Å². The van der Waals surface area contributed by atoms with Crippen molar-refractivity contribution in [2.24, 2.45) is 0 Å². The van der Waals surface area contributed by atoms with Crippen molar-refractivity contribution in [3.05, 3.63) is 107 Å². The molecule has 0 aromatic heterocycles. The molecule has 0 N–H and O–H groups in total. The Morgan fingerprint density at radius 3 is 1.81 bits per heavy atom. The summed E-state index contributed by atoms with van der Waals surface area (Å²) in [6, 6.07) is 26.9. The summed E-state index contributed by atoms with van der Waals surface area (Å²) in [7, 11) is 0. The number of hydrogen-bond donors (Lipinski definition) is 0. The molecule has 0 bridgehead atoms. The van der Waals surface area contributed by atoms with Gasteiger partial charge in [-0.05, 0) is 29.7 Å². The first-order valence-corrected chi connectivity index (χ1v) is 11.0. The monoisotopic (exact) mass is 432 g/mol. The van der Waals surface area contributed by atoms with Gasteiger partial charge in [0.25, 0.3) is 5.91 Å². The highest BCUT2D eigenvalue weighted by Gasteiger charge is 2.30. The van der Waals surface area contributed by atoms with E-state index < -0.39 is 0 Å². The van der Waals surface area contributed by atoms with Crippen molar-refractivity contribution in [2.75, 3.05) is 26.2 Å². The van der Waals surface area contributed by atoms with E-state index in [0.29, 0.717) is 36.8 Å². The molecule has 0 saturated carbocycles. The highest BCUT2D eigenvalue weighted by atomic mass is 35.5. The molecule has 0 unspecified atom stereocenters. The first-order chi connectivity index (χ1) is 15.1. The van der Waals surface area contributed by atoms with Gasteiger partial charge in [0.2, 0.25) is 5.91 Å². The van der Waals surface area contributed by atoms with Gasteiger partial charge in [0, 0.05) is 26.2 Å². The van der Waals surface area contributed by atoms with Gasteiger partial charge >= 0.3 is 0 Å². The van der Waals surface area contributed by atoms with Crippen LogP contribution in [0, 0.1) is 0 Å². The van der Waals surface area contributed by atoms with Crippen LogP contribution in [0.4, 0.5) is 0 Å². The average Bonchev–Trinajstić information content (AvgIpc) is 3.07. The highest BCUT2D eigenvalue weighted by molar-refractivity contribution is 6.33. The van der Waals surface area contributed by atoms with Crippen molar-refractivity contribution >= 4 is 23.4 Å². The van der Waals surface area contributed by atoms with Gasteiger partial charge in [-0.25, -0.2) is 0 Å². The Kier molecular flexibility index (Phi) is 6.68. The average molecular weight is 433 g/mol.